The molecule has 1 aromatic heterocycles. The third-order valence-corrected chi connectivity index (χ3v) is 10.5. The van der Waals surface area contributed by atoms with Crippen molar-refractivity contribution in [1.29, 1.82) is 0 Å². The van der Waals surface area contributed by atoms with Crippen LogP contribution >= 0.6 is 0 Å². The molecular weight excluding hydrogens is 380 g/mol. The summed E-state index contributed by atoms with van der Waals surface area (Å²) in [7, 11) is -1.96. The molecular formula is C24H28O4Si. The van der Waals surface area contributed by atoms with Gasteiger partial charge in [-0.1, -0.05) is 32.4 Å². The molecule has 0 spiro atoms. The molecule has 2 heterocycles. The average molecular weight is 409 g/mol. The monoisotopic (exact) mass is 408 g/mol. The van der Waals surface area contributed by atoms with Crippen LogP contribution in [0.15, 0.2) is 45.6 Å². The summed E-state index contributed by atoms with van der Waals surface area (Å²) in [5, 5.41) is 1.09. The number of benzene rings is 2. The molecule has 0 atom stereocenters. The first kappa shape index (κ1) is 19.8. The second-order valence-corrected chi connectivity index (χ2v) is 14.1. The van der Waals surface area contributed by atoms with Gasteiger partial charge < -0.3 is 13.6 Å². The zero-order valence-electron chi connectivity index (χ0n) is 18.0. The maximum Gasteiger partial charge on any atom is 0.344 e. The van der Waals surface area contributed by atoms with E-state index in [1.165, 1.54) is 0 Å². The Morgan fingerprint density at radius 1 is 1.07 bits per heavy atom. The van der Waals surface area contributed by atoms with Gasteiger partial charge in [-0.3, -0.25) is 0 Å². The van der Waals surface area contributed by atoms with Crippen LogP contribution in [0.5, 0.6) is 11.5 Å². The predicted octanol–water partition coefficient (Wildman–Crippen LogP) is 6.09. The molecule has 0 radical (unpaired) electrons. The van der Waals surface area contributed by atoms with Gasteiger partial charge in [-0.2, -0.15) is 0 Å². The van der Waals surface area contributed by atoms with E-state index in [9.17, 15) is 4.79 Å². The minimum Gasteiger partial charge on any atom is -0.543 e. The topological polar surface area (TPSA) is 48.7 Å². The lowest BCUT2D eigenvalue weighted by atomic mass is 9.96. The Bertz CT molecular complexity index is 1150. The minimum atomic E-state index is -1.96. The van der Waals surface area contributed by atoms with E-state index < -0.39 is 8.32 Å². The van der Waals surface area contributed by atoms with Crippen LogP contribution in [0.25, 0.3) is 22.1 Å². The summed E-state index contributed by atoms with van der Waals surface area (Å²) in [5.41, 5.74) is 3.82. The molecule has 1 aliphatic heterocycles. The summed E-state index contributed by atoms with van der Waals surface area (Å²) >= 11 is 0. The molecule has 29 heavy (non-hydrogen) atoms. The highest BCUT2D eigenvalue weighted by molar-refractivity contribution is 6.74. The largest absolute Gasteiger partial charge is 0.543 e. The van der Waals surface area contributed by atoms with Crippen molar-refractivity contribution in [3.8, 4) is 22.6 Å². The molecule has 0 aliphatic carbocycles. The number of rotatable bonds is 2. The van der Waals surface area contributed by atoms with E-state index >= 15 is 0 Å². The molecule has 4 rings (SSSR count). The van der Waals surface area contributed by atoms with E-state index in [0.29, 0.717) is 29.9 Å². The Balaban J connectivity index is 1.85. The van der Waals surface area contributed by atoms with Crippen LogP contribution in [0.4, 0.5) is 0 Å². The Morgan fingerprint density at radius 2 is 1.83 bits per heavy atom. The van der Waals surface area contributed by atoms with E-state index in [4.69, 9.17) is 13.6 Å². The SMILES string of the molecule is Cc1ccc2oc(=O)c3c(c2c1)CCOc1cc(O[Si](C)(C)C(C)(C)C)ccc1-3. The molecule has 4 nitrogen and oxygen atoms in total. The molecule has 2 aromatic carbocycles. The van der Waals surface area contributed by atoms with Crippen molar-refractivity contribution in [2.45, 2.75) is 52.2 Å². The number of aryl methyl sites for hydroxylation is 1. The highest BCUT2D eigenvalue weighted by atomic mass is 28.4. The summed E-state index contributed by atoms with van der Waals surface area (Å²) in [6.45, 7) is 13.6. The second kappa shape index (κ2) is 6.77. The fraction of sp³-hybridized carbons (Fsp3) is 0.375. The maximum atomic E-state index is 12.9. The van der Waals surface area contributed by atoms with Gasteiger partial charge in [0.05, 0.1) is 12.2 Å². The summed E-state index contributed by atoms with van der Waals surface area (Å²) in [6.07, 6.45) is 0.661. The van der Waals surface area contributed by atoms with Crippen molar-refractivity contribution < 1.29 is 13.6 Å². The molecule has 0 unspecified atom stereocenters. The summed E-state index contributed by atoms with van der Waals surface area (Å²) in [6, 6.07) is 11.7. The summed E-state index contributed by atoms with van der Waals surface area (Å²) in [5.74, 6) is 1.47. The molecule has 1 aliphatic rings. The molecule has 0 saturated carbocycles. The van der Waals surface area contributed by atoms with Crippen LogP contribution < -0.4 is 14.8 Å². The van der Waals surface area contributed by atoms with E-state index in [1.807, 2.05) is 37.3 Å². The molecule has 5 heteroatoms. The predicted molar refractivity (Wildman–Crippen MR) is 120 cm³/mol. The standard InChI is InChI=1S/C24H28O4Si/c1-15-7-10-20-19(13-15)17-11-12-26-21-14-16(28-29(5,6)24(2,3)4)8-9-18(21)22(17)23(25)27-20/h7-10,13-14H,11-12H2,1-6H3. The van der Waals surface area contributed by atoms with Crippen molar-refractivity contribution in [2.75, 3.05) is 6.61 Å². The van der Waals surface area contributed by atoms with Gasteiger partial charge >= 0.3 is 5.63 Å². The Labute approximate surface area is 172 Å². The van der Waals surface area contributed by atoms with Crippen molar-refractivity contribution in [1.82, 2.24) is 0 Å². The number of hydrogen-bond donors (Lipinski definition) is 0. The lowest BCUT2D eigenvalue weighted by molar-refractivity contribution is 0.325. The first-order valence-electron chi connectivity index (χ1n) is 10.1. The van der Waals surface area contributed by atoms with E-state index in [0.717, 1.165) is 27.8 Å². The first-order chi connectivity index (χ1) is 13.6. The average Bonchev–Trinajstić information content (AvgIpc) is 2.81. The van der Waals surface area contributed by atoms with Crippen LogP contribution in [0.3, 0.4) is 0 Å². The third-order valence-electron chi connectivity index (χ3n) is 6.18. The van der Waals surface area contributed by atoms with Gasteiger partial charge in [0.25, 0.3) is 0 Å². The van der Waals surface area contributed by atoms with Crippen LogP contribution in [-0.2, 0) is 6.42 Å². The van der Waals surface area contributed by atoms with Gasteiger partial charge in [-0.15, -0.1) is 0 Å². The van der Waals surface area contributed by atoms with Crippen LogP contribution in [0.2, 0.25) is 18.1 Å². The molecule has 3 aromatic rings. The van der Waals surface area contributed by atoms with E-state index in [-0.39, 0.29) is 10.7 Å². The Morgan fingerprint density at radius 3 is 2.55 bits per heavy atom. The van der Waals surface area contributed by atoms with Gasteiger partial charge in [0, 0.05) is 23.4 Å². The number of ether oxygens (including phenoxy) is 1. The summed E-state index contributed by atoms with van der Waals surface area (Å²) in [4.78, 5) is 12.9. The van der Waals surface area contributed by atoms with Crippen molar-refractivity contribution in [3.05, 3.63) is 57.9 Å². The van der Waals surface area contributed by atoms with Crippen molar-refractivity contribution in [3.63, 3.8) is 0 Å². The van der Waals surface area contributed by atoms with Gasteiger partial charge in [-0.05, 0) is 54.9 Å². The van der Waals surface area contributed by atoms with Crippen LogP contribution in [0, 0.1) is 6.92 Å². The third kappa shape index (κ3) is 3.48. The number of fused-ring (bicyclic) bond motifs is 5. The maximum absolute atomic E-state index is 12.9. The van der Waals surface area contributed by atoms with Crippen LogP contribution in [0.1, 0.15) is 31.9 Å². The molecule has 0 N–H and O–H groups in total. The fourth-order valence-electron chi connectivity index (χ4n) is 3.51. The summed E-state index contributed by atoms with van der Waals surface area (Å²) < 4.78 is 18.1. The first-order valence-corrected chi connectivity index (χ1v) is 13.0. The second-order valence-electron chi connectivity index (χ2n) is 9.36. The van der Waals surface area contributed by atoms with Crippen LogP contribution in [-0.4, -0.2) is 14.9 Å². The van der Waals surface area contributed by atoms with E-state index in [1.54, 1.807) is 0 Å². The fourth-order valence-corrected chi connectivity index (χ4v) is 4.53. The quantitative estimate of drug-likeness (QED) is 0.380. The number of hydrogen-bond acceptors (Lipinski definition) is 4. The van der Waals surface area contributed by atoms with Gasteiger partial charge in [0.15, 0.2) is 0 Å². The zero-order chi connectivity index (χ0) is 21.0. The molecule has 152 valence electrons. The molecule has 0 amide bonds. The normalized spacial score (nSPS) is 14.0. The van der Waals surface area contributed by atoms with E-state index in [2.05, 4.69) is 39.9 Å². The Kier molecular flexibility index (Phi) is 4.61. The minimum absolute atomic E-state index is 0.102. The lowest BCUT2D eigenvalue weighted by Gasteiger charge is -2.36. The molecule has 0 bridgehead atoms. The smallest absolute Gasteiger partial charge is 0.344 e. The molecule has 0 fully saturated rings. The van der Waals surface area contributed by atoms with Gasteiger partial charge in [0.1, 0.15) is 17.1 Å². The molecule has 0 saturated heterocycles. The van der Waals surface area contributed by atoms with Crippen molar-refractivity contribution >= 4 is 19.3 Å². The zero-order valence-corrected chi connectivity index (χ0v) is 19.0. The Hall–Kier alpha value is -2.53. The van der Waals surface area contributed by atoms with Gasteiger partial charge in [0.2, 0.25) is 8.32 Å². The lowest BCUT2D eigenvalue weighted by Crippen LogP contribution is -2.43. The highest BCUT2D eigenvalue weighted by Crippen LogP contribution is 2.41. The van der Waals surface area contributed by atoms with Gasteiger partial charge in [-0.25, -0.2) is 4.79 Å². The highest BCUT2D eigenvalue weighted by Gasteiger charge is 2.39. The van der Waals surface area contributed by atoms with Crippen molar-refractivity contribution in [2.24, 2.45) is 0 Å².